The molecular weight excluding hydrogens is 360 g/mol. The fraction of sp³-hybridized carbons (Fsp3) is 0.364. The standard InChI is InChI=1S/C22H23ClN2O2/c1-13(14-8-10-16(11-9-14)25-21(26)15-6-7-15)24-22(27)19-12-18(19)17-4-2-3-5-20(17)23/h2-5,8-11,13,15,18-19H,6-7,12H2,1H3,(H,24,27)(H,25,26). The van der Waals surface area contributed by atoms with Gasteiger partial charge in [0, 0.05) is 22.5 Å². The van der Waals surface area contributed by atoms with E-state index in [2.05, 4.69) is 10.6 Å². The minimum absolute atomic E-state index is 0.00977. The minimum Gasteiger partial charge on any atom is -0.349 e. The molecule has 0 spiro atoms. The Bertz CT molecular complexity index is 861. The van der Waals surface area contributed by atoms with E-state index in [9.17, 15) is 9.59 Å². The van der Waals surface area contributed by atoms with Gasteiger partial charge in [0.2, 0.25) is 11.8 Å². The highest BCUT2D eigenvalue weighted by molar-refractivity contribution is 6.31. The molecule has 0 bridgehead atoms. The van der Waals surface area contributed by atoms with Crippen LogP contribution in [0.15, 0.2) is 48.5 Å². The Balaban J connectivity index is 1.32. The quantitative estimate of drug-likeness (QED) is 0.762. The van der Waals surface area contributed by atoms with Crippen LogP contribution >= 0.6 is 11.6 Å². The number of carbonyl (C=O) groups is 2. The molecule has 3 unspecified atom stereocenters. The molecule has 0 saturated heterocycles. The first-order valence-corrected chi connectivity index (χ1v) is 9.86. The average molecular weight is 383 g/mol. The van der Waals surface area contributed by atoms with Crippen LogP contribution < -0.4 is 10.6 Å². The molecule has 4 rings (SSSR count). The number of anilines is 1. The lowest BCUT2D eigenvalue weighted by atomic mass is 10.1. The Morgan fingerprint density at radius 3 is 2.41 bits per heavy atom. The van der Waals surface area contributed by atoms with Crippen LogP contribution in [0.1, 0.15) is 49.3 Å². The highest BCUT2D eigenvalue weighted by Gasteiger charge is 2.45. The first kappa shape index (κ1) is 18.1. The van der Waals surface area contributed by atoms with Crippen molar-refractivity contribution < 1.29 is 9.59 Å². The maximum atomic E-state index is 12.6. The van der Waals surface area contributed by atoms with Crippen molar-refractivity contribution in [3.63, 3.8) is 0 Å². The van der Waals surface area contributed by atoms with Crippen molar-refractivity contribution in [1.82, 2.24) is 5.32 Å². The van der Waals surface area contributed by atoms with Crippen LogP contribution in [0.5, 0.6) is 0 Å². The van der Waals surface area contributed by atoms with E-state index in [1.807, 2.05) is 55.5 Å². The summed E-state index contributed by atoms with van der Waals surface area (Å²) in [5, 5.41) is 6.76. The fourth-order valence-corrected chi connectivity index (χ4v) is 3.73. The van der Waals surface area contributed by atoms with Gasteiger partial charge in [0.1, 0.15) is 0 Å². The number of carbonyl (C=O) groups excluding carboxylic acids is 2. The molecule has 5 heteroatoms. The van der Waals surface area contributed by atoms with E-state index in [-0.39, 0.29) is 35.6 Å². The van der Waals surface area contributed by atoms with E-state index < -0.39 is 0 Å². The van der Waals surface area contributed by atoms with Gasteiger partial charge in [-0.2, -0.15) is 0 Å². The molecule has 4 nitrogen and oxygen atoms in total. The number of nitrogens with one attached hydrogen (secondary N) is 2. The third-order valence-electron chi connectivity index (χ3n) is 5.42. The van der Waals surface area contributed by atoms with Crippen LogP contribution in [0, 0.1) is 11.8 Å². The number of benzene rings is 2. The fourth-order valence-electron chi connectivity index (χ4n) is 3.45. The summed E-state index contributed by atoms with van der Waals surface area (Å²) in [6.45, 7) is 1.97. The summed E-state index contributed by atoms with van der Waals surface area (Å²) in [6.07, 6.45) is 2.82. The summed E-state index contributed by atoms with van der Waals surface area (Å²) in [6, 6.07) is 15.3. The van der Waals surface area contributed by atoms with Crippen LogP contribution in [-0.4, -0.2) is 11.8 Å². The van der Waals surface area contributed by atoms with E-state index in [1.165, 1.54) is 0 Å². The van der Waals surface area contributed by atoms with Crippen molar-refractivity contribution >= 4 is 29.1 Å². The predicted molar refractivity (Wildman–Crippen MR) is 107 cm³/mol. The number of halogens is 1. The van der Waals surface area contributed by atoms with Gasteiger partial charge in [-0.25, -0.2) is 0 Å². The van der Waals surface area contributed by atoms with Crippen molar-refractivity contribution in [2.24, 2.45) is 11.8 Å². The van der Waals surface area contributed by atoms with E-state index in [0.717, 1.165) is 41.1 Å². The van der Waals surface area contributed by atoms with Gasteiger partial charge in [0.25, 0.3) is 0 Å². The van der Waals surface area contributed by atoms with Crippen molar-refractivity contribution in [3.05, 3.63) is 64.7 Å². The molecule has 2 fully saturated rings. The molecule has 2 aliphatic rings. The third-order valence-corrected chi connectivity index (χ3v) is 5.76. The summed E-state index contributed by atoms with van der Waals surface area (Å²) in [5.74, 6) is 0.560. The van der Waals surface area contributed by atoms with Gasteiger partial charge in [0.05, 0.1) is 6.04 Å². The second-order valence-corrected chi connectivity index (χ2v) is 7.99. The molecule has 2 saturated carbocycles. The SMILES string of the molecule is CC(NC(=O)C1CC1c1ccccc1Cl)c1ccc(NC(=O)C2CC2)cc1. The first-order valence-electron chi connectivity index (χ1n) is 9.48. The monoisotopic (exact) mass is 382 g/mol. The molecule has 2 aliphatic carbocycles. The smallest absolute Gasteiger partial charge is 0.227 e. The second kappa shape index (κ2) is 7.35. The number of hydrogen-bond donors (Lipinski definition) is 2. The lowest BCUT2D eigenvalue weighted by Gasteiger charge is -2.15. The molecule has 0 heterocycles. The largest absolute Gasteiger partial charge is 0.349 e. The van der Waals surface area contributed by atoms with Crippen LogP contribution in [0.3, 0.4) is 0 Å². The molecular formula is C22H23ClN2O2. The van der Waals surface area contributed by atoms with Gasteiger partial charge in [-0.3, -0.25) is 9.59 Å². The summed E-state index contributed by atoms with van der Waals surface area (Å²) in [5.41, 5.74) is 2.88. The lowest BCUT2D eigenvalue weighted by Crippen LogP contribution is -2.28. The maximum absolute atomic E-state index is 12.6. The van der Waals surface area contributed by atoms with Crippen LogP contribution in [-0.2, 0) is 9.59 Å². The van der Waals surface area contributed by atoms with Gasteiger partial charge in [-0.1, -0.05) is 41.9 Å². The second-order valence-electron chi connectivity index (χ2n) is 7.59. The summed E-state index contributed by atoms with van der Waals surface area (Å²) >= 11 is 6.24. The Morgan fingerprint density at radius 2 is 1.74 bits per heavy atom. The normalized spacial score (nSPS) is 22.0. The van der Waals surface area contributed by atoms with Gasteiger partial charge in [0.15, 0.2) is 0 Å². The molecule has 0 aliphatic heterocycles. The van der Waals surface area contributed by atoms with Crippen molar-refractivity contribution in [2.75, 3.05) is 5.32 Å². The molecule has 0 aromatic heterocycles. The zero-order valence-electron chi connectivity index (χ0n) is 15.2. The van der Waals surface area contributed by atoms with E-state index in [4.69, 9.17) is 11.6 Å². The highest BCUT2D eigenvalue weighted by Crippen LogP contribution is 2.49. The minimum atomic E-state index is -0.0850. The lowest BCUT2D eigenvalue weighted by molar-refractivity contribution is -0.123. The zero-order chi connectivity index (χ0) is 19.0. The molecule has 2 amide bonds. The molecule has 2 aromatic rings. The third kappa shape index (κ3) is 4.16. The molecule has 2 N–H and O–H groups in total. The van der Waals surface area contributed by atoms with Gasteiger partial charge in [-0.05, 0) is 61.4 Å². The van der Waals surface area contributed by atoms with E-state index in [1.54, 1.807) is 0 Å². The predicted octanol–water partition coefficient (Wildman–Crippen LogP) is 4.67. The van der Waals surface area contributed by atoms with Crippen LogP contribution in [0.25, 0.3) is 0 Å². The topological polar surface area (TPSA) is 58.2 Å². The summed E-state index contributed by atoms with van der Waals surface area (Å²) < 4.78 is 0. The Kier molecular flexibility index (Phi) is 4.92. The van der Waals surface area contributed by atoms with Crippen LogP contribution in [0.2, 0.25) is 5.02 Å². The highest BCUT2D eigenvalue weighted by atomic mass is 35.5. The van der Waals surface area contributed by atoms with E-state index in [0.29, 0.717) is 0 Å². The van der Waals surface area contributed by atoms with E-state index >= 15 is 0 Å². The van der Waals surface area contributed by atoms with Crippen molar-refractivity contribution in [3.8, 4) is 0 Å². The summed E-state index contributed by atoms with van der Waals surface area (Å²) in [4.78, 5) is 24.4. The Hall–Kier alpha value is -2.33. The number of hydrogen-bond acceptors (Lipinski definition) is 2. The Labute approximate surface area is 164 Å². The number of amides is 2. The van der Waals surface area contributed by atoms with Crippen molar-refractivity contribution in [2.45, 2.75) is 38.1 Å². The molecule has 140 valence electrons. The van der Waals surface area contributed by atoms with Gasteiger partial charge in [-0.15, -0.1) is 0 Å². The average Bonchev–Trinajstić information content (AvgIpc) is 3.56. The zero-order valence-corrected chi connectivity index (χ0v) is 16.0. The molecule has 3 atom stereocenters. The first-order chi connectivity index (χ1) is 13.0. The van der Waals surface area contributed by atoms with Crippen LogP contribution in [0.4, 0.5) is 5.69 Å². The molecule has 27 heavy (non-hydrogen) atoms. The molecule has 0 radical (unpaired) electrons. The van der Waals surface area contributed by atoms with Gasteiger partial charge >= 0.3 is 0 Å². The van der Waals surface area contributed by atoms with Gasteiger partial charge < -0.3 is 10.6 Å². The molecule has 2 aromatic carbocycles. The number of rotatable bonds is 6. The summed E-state index contributed by atoms with van der Waals surface area (Å²) in [7, 11) is 0. The Morgan fingerprint density at radius 1 is 1.04 bits per heavy atom. The van der Waals surface area contributed by atoms with Crippen molar-refractivity contribution in [1.29, 1.82) is 0 Å². The maximum Gasteiger partial charge on any atom is 0.227 e.